The summed E-state index contributed by atoms with van der Waals surface area (Å²) in [5, 5.41) is 16.0. The van der Waals surface area contributed by atoms with Crippen molar-refractivity contribution in [2.75, 3.05) is 26.3 Å². The third kappa shape index (κ3) is 6.39. The molecule has 3 aromatic rings. The lowest BCUT2D eigenvalue weighted by molar-refractivity contribution is -0.0537. The largest absolute Gasteiger partial charge is 0.492 e. The molecule has 2 aromatic carbocycles. The lowest BCUT2D eigenvalue weighted by atomic mass is 9.92. The van der Waals surface area contributed by atoms with Gasteiger partial charge in [0.05, 0.1) is 16.6 Å². The molecule has 4 rings (SSSR count). The molecule has 0 saturated carbocycles. The summed E-state index contributed by atoms with van der Waals surface area (Å²) in [7, 11) is 0. The van der Waals surface area contributed by atoms with Crippen LogP contribution in [-0.4, -0.2) is 51.7 Å². The van der Waals surface area contributed by atoms with Gasteiger partial charge in [-0.2, -0.15) is 5.10 Å². The molecular weight excluding hydrogens is 449 g/mol. The molecule has 1 saturated heterocycles. The third-order valence-electron chi connectivity index (χ3n) is 5.64. The molecule has 0 bridgehead atoms. The van der Waals surface area contributed by atoms with E-state index < -0.39 is 5.60 Å². The highest BCUT2D eigenvalue weighted by Gasteiger charge is 2.33. The summed E-state index contributed by atoms with van der Waals surface area (Å²) in [4.78, 5) is 2.34. The SMILES string of the molecule is OC1(COc2ccc(Cl)c(Cl)c2)CCN(Cc2cccc(OCCn3cccn3)c2)CC1. The van der Waals surface area contributed by atoms with Gasteiger partial charge in [0.2, 0.25) is 0 Å². The van der Waals surface area contributed by atoms with Gasteiger partial charge in [-0.15, -0.1) is 0 Å². The number of rotatable bonds is 9. The first-order valence-electron chi connectivity index (χ1n) is 10.7. The zero-order valence-corrected chi connectivity index (χ0v) is 19.3. The number of hydrogen-bond acceptors (Lipinski definition) is 5. The average Bonchev–Trinajstić information content (AvgIpc) is 3.30. The lowest BCUT2D eigenvalue weighted by Crippen LogP contribution is -2.47. The quantitative estimate of drug-likeness (QED) is 0.486. The van der Waals surface area contributed by atoms with Crippen LogP contribution >= 0.6 is 23.2 Å². The number of nitrogens with zero attached hydrogens (tertiary/aromatic N) is 3. The number of ether oxygens (including phenoxy) is 2. The van der Waals surface area contributed by atoms with Crippen molar-refractivity contribution in [1.29, 1.82) is 0 Å². The summed E-state index contributed by atoms with van der Waals surface area (Å²) >= 11 is 12.0. The summed E-state index contributed by atoms with van der Waals surface area (Å²) in [5.74, 6) is 1.47. The van der Waals surface area contributed by atoms with Crippen LogP contribution < -0.4 is 9.47 Å². The van der Waals surface area contributed by atoms with Crippen molar-refractivity contribution in [3.05, 3.63) is 76.5 Å². The Labute approximate surface area is 198 Å². The van der Waals surface area contributed by atoms with Crippen molar-refractivity contribution in [3.63, 3.8) is 0 Å². The molecule has 1 fully saturated rings. The molecule has 1 aromatic heterocycles. The third-order valence-corrected chi connectivity index (χ3v) is 6.38. The van der Waals surface area contributed by atoms with Gasteiger partial charge in [-0.3, -0.25) is 9.58 Å². The zero-order chi connectivity index (χ0) is 22.4. The Morgan fingerprint density at radius 2 is 1.78 bits per heavy atom. The molecule has 0 aliphatic carbocycles. The Morgan fingerprint density at radius 3 is 2.53 bits per heavy atom. The van der Waals surface area contributed by atoms with Crippen LogP contribution in [0.3, 0.4) is 0 Å². The van der Waals surface area contributed by atoms with E-state index in [1.807, 2.05) is 29.1 Å². The normalized spacial score (nSPS) is 16.1. The van der Waals surface area contributed by atoms with Crippen LogP contribution in [0, 0.1) is 0 Å². The second kappa shape index (κ2) is 10.6. The van der Waals surface area contributed by atoms with Crippen LogP contribution in [-0.2, 0) is 13.1 Å². The van der Waals surface area contributed by atoms with Gasteiger partial charge in [0.15, 0.2) is 0 Å². The Kier molecular flexibility index (Phi) is 7.58. The van der Waals surface area contributed by atoms with Gasteiger partial charge in [-0.05, 0) is 48.7 Å². The molecule has 1 aliphatic rings. The first kappa shape index (κ1) is 22.9. The topological polar surface area (TPSA) is 59.8 Å². The number of piperidine rings is 1. The second-order valence-corrected chi connectivity index (χ2v) is 8.94. The van der Waals surface area contributed by atoms with E-state index in [0.717, 1.165) is 25.4 Å². The van der Waals surface area contributed by atoms with Crippen molar-refractivity contribution in [3.8, 4) is 11.5 Å². The number of aromatic nitrogens is 2. The monoisotopic (exact) mass is 475 g/mol. The van der Waals surface area contributed by atoms with Crippen LogP contribution in [0.1, 0.15) is 18.4 Å². The van der Waals surface area contributed by atoms with E-state index in [-0.39, 0.29) is 6.61 Å². The maximum atomic E-state index is 10.9. The molecule has 170 valence electrons. The fourth-order valence-electron chi connectivity index (χ4n) is 3.74. The van der Waals surface area contributed by atoms with Gasteiger partial charge >= 0.3 is 0 Å². The van der Waals surface area contributed by atoms with Crippen LogP contribution in [0.4, 0.5) is 0 Å². The highest BCUT2D eigenvalue weighted by Crippen LogP contribution is 2.29. The standard InChI is InChI=1S/C24H27Cl2N3O3/c25-22-6-5-21(16-23(22)26)32-18-24(30)7-11-28(12-8-24)17-19-3-1-4-20(15-19)31-14-13-29-10-2-9-27-29/h1-6,9-10,15-16,30H,7-8,11-14,17-18H2. The number of aliphatic hydroxyl groups is 1. The number of halogens is 2. The molecule has 0 atom stereocenters. The predicted octanol–water partition coefficient (Wildman–Crippen LogP) is 4.67. The Balaban J connectivity index is 1.23. The Morgan fingerprint density at radius 1 is 0.969 bits per heavy atom. The van der Waals surface area contributed by atoms with Gasteiger partial charge in [0.25, 0.3) is 0 Å². The lowest BCUT2D eigenvalue weighted by Gasteiger charge is -2.38. The van der Waals surface area contributed by atoms with Gasteiger partial charge in [0.1, 0.15) is 30.3 Å². The van der Waals surface area contributed by atoms with Crippen molar-refractivity contribution < 1.29 is 14.6 Å². The Hall–Kier alpha value is -2.25. The average molecular weight is 476 g/mol. The molecule has 0 radical (unpaired) electrons. The van der Waals surface area contributed by atoms with E-state index in [2.05, 4.69) is 22.1 Å². The van der Waals surface area contributed by atoms with E-state index >= 15 is 0 Å². The maximum Gasteiger partial charge on any atom is 0.121 e. The number of hydrogen-bond donors (Lipinski definition) is 1. The molecule has 1 aliphatic heterocycles. The van der Waals surface area contributed by atoms with Crippen molar-refractivity contribution >= 4 is 23.2 Å². The minimum Gasteiger partial charge on any atom is -0.492 e. The molecular formula is C24H27Cl2N3O3. The number of benzene rings is 2. The van der Waals surface area contributed by atoms with Crippen LogP contribution in [0.5, 0.6) is 11.5 Å². The van der Waals surface area contributed by atoms with Gasteiger partial charge in [0, 0.05) is 38.1 Å². The van der Waals surface area contributed by atoms with Crippen molar-refractivity contribution in [2.45, 2.75) is 31.5 Å². The molecule has 2 heterocycles. The van der Waals surface area contributed by atoms with Crippen molar-refractivity contribution in [1.82, 2.24) is 14.7 Å². The first-order valence-corrected chi connectivity index (χ1v) is 11.5. The van der Waals surface area contributed by atoms with Crippen LogP contribution in [0.15, 0.2) is 60.9 Å². The Bertz CT molecular complexity index is 1010. The highest BCUT2D eigenvalue weighted by molar-refractivity contribution is 6.42. The molecule has 0 unspecified atom stereocenters. The maximum absolute atomic E-state index is 10.9. The fourth-order valence-corrected chi connectivity index (χ4v) is 4.03. The van der Waals surface area contributed by atoms with E-state index in [0.29, 0.717) is 41.8 Å². The van der Waals surface area contributed by atoms with E-state index in [4.69, 9.17) is 32.7 Å². The summed E-state index contributed by atoms with van der Waals surface area (Å²) < 4.78 is 13.5. The van der Waals surface area contributed by atoms with Gasteiger partial charge < -0.3 is 14.6 Å². The van der Waals surface area contributed by atoms with Gasteiger partial charge in [-0.1, -0.05) is 35.3 Å². The predicted molar refractivity (Wildman–Crippen MR) is 126 cm³/mol. The van der Waals surface area contributed by atoms with Crippen LogP contribution in [0.25, 0.3) is 0 Å². The molecule has 0 amide bonds. The number of likely N-dealkylation sites (tertiary alicyclic amines) is 1. The molecule has 32 heavy (non-hydrogen) atoms. The minimum absolute atomic E-state index is 0.235. The van der Waals surface area contributed by atoms with E-state index in [1.165, 1.54) is 5.56 Å². The van der Waals surface area contributed by atoms with Crippen molar-refractivity contribution in [2.24, 2.45) is 0 Å². The highest BCUT2D eigenvalue weighted by atomic mass is 35.5. The van der Waals surface area contributed by atoms with Gasteiger partial charge in [-0.25, -0.2) is 0 Å². The summed E-state index contributed by atoms with van der Waals surface area (Å²) in [6.07, 6.45) is 4.98. The smallest absolute Gasteiger partial charge is 0.121 e. The summed E-state index contributed by atoms with van der Waals surface area (Å²) in [6, 6.07) is 15.2. The molecule has 8 heteroatoms. The molecule has 1 N–H and O–H groups in total. The van der Waals surface area contributed by atoms with E-state index in [9.17, 15) is 5.11 Å². The summed E-state index contributed by atoms with van der Waals surface area (Å²) in [6.45, 7) is 3.93. The second-order valence-electron chi connectivity index (χ2n) is 8.13. The minimum atomic E-state index is -0.847. The molecule has 6 nitrogen and oxygen atoms in total. The summed E-state index contributed by atoms with van der Waals surface area (Å²) in [5.41, 5.74) is 0.346. The zero-order valence-electron chi connectivity index (χ0n) is 17.8. The van der Waals surface area contributed by atoms with Crippen LogP contribution in [0.2, 0.25) is 10.0 Å². The van der Waals surface area contributed by atoms with E-state index in [1.54, 1.807) is 24.4 Å². The first-order chi connectivity index (χ1) is 15.5. The molecule has 0 spiro atoms. The fraction of sp³-hybridized carbons (Fsp3) is 0.375.